The van der Waals surface area contributed by atoms with E-state index in [-0.39, 0.29) is 6.54 Å². The average molecular weight is 490 g/mol. The Bertz CT molecular complexity index is 1260. The second kappa shape index (κ2) is 10.8. The number of pyridine rings is 1. The van der Waals surface area contributed by atoms with Gasteiger partial charge in [0.15, 0.2) is 6.10 Å². The Kier molecular flexibility index (Phi) is 7.55. The maximum absolute atomic E-state index is 12.9. The number of aromatic nitrogens is 2. The second-order valence-electron chi connectivity index (χ2n) is 9.84. The van der Waals surface area contributed by atoms with Crippen molar-refractivity contribution in [1.29, 1.82) is 5.26 Å². The topological polar surface area (TPSA) is 109 Å². The van der Waals surface area contributed by atoms with Gasteiger partial charge in [-0.2, -0.15) is 5.26 Å². The molecule has 1 aliphatic rings. The van der Waals surface area contributed by atoms with E-state index in [4.69, 9.17) is 9.47 Å². The van der Waals surface area contributed by atoms with Gasteiger partial charge in [0.2, 0.25) is 0 Å². The van der Waals surface area contributed by atoms with E-state index in [0.29, 0.717) is 26.0 Å². The number of nitriles is 1. The molecule has 2 aromatic heterocycles. The van der Waals surface area contributed by atoms with Crippen molar-refractivity contribution in [3.05, 3.63) is 60.6 Å². The van der Waals surface area contributed by atoms with Gasteiger partial charge < -0.3 is 24.1 Å². The van der Waals surface area contributed by atoms with Crippen LogP contribution in [0.25, 0.3) is 16.8 Å². The van der Waals surface area contributed by atoms with E-state index in [2.05, 4.69) is 16.4 Å². The smallest absolute Gasteiger partial charge is 0.410 e. The highest BCUT2D eigenvalue weighted by Gasteiger charge is 2.31. The van der Waals surface area contributed by atoms with Crippen LogP contribution in [0.15, 0.2) is 55.0 Å². The van der Waals surface area contributed by atoms with Crippen LogP contribution in [0.3, 0.4) is 0 Å². The summed E-state index contributed by atoms with van der Waals surface area (Å²) in [6, 6.07) is 13.3. The maximum Gasteiger partial charge on any atom is 0.410 e. The van der Waals surface area contributed by atoms with E-state index in [0.717, 1.165) is 22.3 Å². The molecule has 9 nitrogen and oxygen atoms in total. The number of hydrogen-bond acceptors (Lipinski definition) is 6. The monoisotopic (exact) mass is 489 g/mol. The molecular weight excluding hydrogens is 458 g/mol. The number of imidazole rings is 1. The van der Waals surface area contributed by atoms with Gasteiger partial charge in [-0.1, -0.05) is 24.3 Å². The van der Waals surface area contributed by atoms with E-state index < -0.39 is 29.7 Å². The number of ether oxygens (including phenoxy) is 2. The predicted octanol–water partition coefficient (Wildman–Crippen LogP) is 3.58. The van der Waals surface area contributed by atoms with Crippen molar-refractivity contribution in [1.82, 2.24) is 19.6 Å². The highest BCUT2D eigenvalue weighted by Crippen LogP contribution is 2.21. The predicted molar refractivity (Wildman–Crippen MR) is 134 cm³/mol. The van der Waals surface area contributed by atoms with Crippen molar-refractivity contribution in [2.24, 2.45) is 0 Å². The standard InChI is InChI=1S/C27H31N5O4/c1-27(2,3)36-26(34)32-12-4-14-35-23(18-32)25(33)30-22(16-28)15-19-5-7-20(8-6-19)21-9-10-24-29-11-13-31(24)17-21/h5-11,13,17,22-23H,4,12,14-15,18H2,1-3H3,(H,30,33)/t22-,23-/m0/s1. The van der Waals surface area contributed by atoms with Crippen molar-refractivity contribution in [2.75, 3.05) is 19.7 Å². The number of benzene rings is 1. The fraction of sp³-hybridized carbons (Fsp3) is 0.407. The van der Waals surface area contributed by atoms with E-state index >= 15 is 0 Å². The zero-order chi connectivity index (χ0) is 25.7. The minimum absolute atomic E-state index is 0.0782. The Labute approximate surface area is 210 Å². The summed E-state index contributed by atoms with van der Waals surface area (Å²) in [5.41, 5.74) is 3.27. The Hall–Kier alpha value is -3.90. The molecule has 1 saturated heterocycles. The molecule has 1 fully saturated rings. The molecule has 4 rings (SSSR count). The van der Waals surface area contributed by atoms with Crippen LogP contribution in [0.5, 0.6) is 0 Å². The van der Waals surface area contributed by atoms with Crippen LogP contribution in [0.1, 0.15) is 32.8 Å². The number of carbonyl (C=O) groups is 2. The number of fused-ring (bicyclic) bond motifs is 1. The van der Waals surface area contributed by atoms with Crippen LogP contribution >= 0.6 is 0 Å². The Balaban J connectivity index is 1.36. The number of amides is 2. The number of hydrogen-bond donors (Lipinski definition) is 1. The number of nitrogens with one attached hydrogen (secondary N) is 1. The molecule has 1 N–H and O–H groups in total. The van der Waals surface area contributed by atoms with Crippen LogP contribution in [0, 0.1) is 11.3 Å². The van der Waals surface area contributed by atoms with E-state index in [9.17, 15) is 14.9 Å². The number of rotatable bonds is 5. The van der Waals surface area contributed by atoms with Gasteiger partial charge in [0.25, 0.3) is 5.91 Å². The Morgan fingerprint density at radius 1 is 1.22 bits per heavy atom. The summed E-state index contributed by atoms with van der Waals surface area (Å²) in [7, 11) is 0. The summed E-state index contributed by atoms with van der Waals surface area (Å²) in [4.78, 5) is 31.2. The lowest BCUT2D eigenvalue weighted by Crippen LogP contribution is -2.48. The molecule has 2 atom stereocenters. The van der Waals surface area contributed by atoms with Crippen molar-refractivity contribution in [3.8, 4) is 17.2 Å². The quantitative estimate of drug-likeness (QED) is 0.587. The molecule has 0 radical (unpaired) electrons. The first kappa shape index (κ1) is 25.2. The summed E-state index contributed by atoms with van der Waals surface area (Å²) in [5.74, 6) is -0.415. The molecule has 0 bridgehead atoms. The number of carbonyl (C=O) groups excluding carboxylic acids is 2. The minimum Gasteiger partial charge on any atom is -0.444 e. The van der Waals surface area contributed by atoms with Crippen molar-refractivity contribution >= 4 is 17.6 Å². The van der Waals surface area contributed by atoms with Crippen LogP contribution in [0.4, 0.5) is 4.79 Å². The van der Waals surface area contributed by atoms with Crippen LogP contribution in [-0.4, -0.2) is 63.7 Å². The summed E-state index contributed by atoms with van der Waals surface area (Å²) in [5, 5.41) is 12.4. The van der Waals surface area contributed by atoms with Crippen molar-refractivity contribution < 1.29 is 19.1 Å². The number of nitrogens with zero attached hydrogens (tertiary/aromatic N) is 4. The van der Waals surface area contributed by atoms with Gasteiger partial charge in [0.05, 0.1) is 12.6 Å². The van der Waals surface area contributed by atoms with Crippen molar-refractivity contribution in [3.63, 3.8) is 0 Å². The molecule has 0 saturated carbocycles. The van der Waals surface area contributed by atoms with Gasteiger partial charge >= 0.3 is 6.09 Å². The van der Waals surface area contributed by atoms with E-state index in [1.165, 1.54) is 4.90 Å². The molecule has 9 heteroatoms. The second-order valence-corrected chi connectivity index (χ2v) is 9.84. The van der Waals surface area contributed by atoms with E-state index in [1.54, 1.807) is 27.0 Å². The third-order valence-electron chi connectivity index (χ3n) is 5.81. The highest BCUT2D eigenvalue weighted by atomic mass is 16.6. The first-order valence-corrected chi connectivity index (χ1v) is 12.0. The molecule has 36 heavy (non-hydrogen) atoms. The van der Waals surface area contributed by atoms with Crippen molar-refractivity contribution in [2.45, 2.75) is 51.4 Å². The van der Waals surface area contributed by atoms with Gasteiger partial charge in [0.1, 0.15) is 17.3 Å². The Morgan fingerprint density at radius 3 is 2.69 bits per heavy atom. The summed E-state index contributed by atoms with van der Waals surface area (Å²) < 4.78 is 13.1. The van der Waals surface area contributed by atoms with Gasteiger partial charge in [-0.15, -0.1) is 0 Å². The minimum atomic E-state index is -0.865. The third-order valence-corrected chi connectivity index (χ3v) is 5.81. The Morgan fingerprint density at radius 2 is 1.97 bits per heavy atom. The molecule has 3 heterocycles. The summed E-state index contributed by atoms with van der Waals surface area (Å²) in [6.07, 6.45) is 5.29. The molecule has 0 aliphatic carbocycles. The van der Waals surface area contributed by atoms with Crippen LogP contribution in [0.2, 0.25) is 0 Å². The molecule has 1 aliphatic heterocycles. The van der Waals surface area contributed by atoms with Gasteiger partial charge in [-0.25, -0.2) is 9.78 Å². The first-order chi connectivity index (χ1) is 17.2. The van der Waals surface area contributed by atoms with Crippen LogP contribution in [-0.2, 0) is 20.7 Å². The lowest BCUT2D eigenvalue weighted by Gasteiger charge is -2.27. The molecule has 3 aromatic rings. The molecule has 0 unspecified atom stereocenters. The average Bonchev–Trinajstić information content (AvgIpc) is 3.17. The summed E-state index contributed by atoms with van der Waals surface area (Å²) in [6.45, 7) is 6.26. The molecule has 0 spiro atoms. The zero-order valence-electron chi connectivity index (χ0n) is 20.8. The van der Waals surface area contributed by atoms with Gasteiger partial charge in [-0.05, 0) is 56.0 Å². The van der Waals surface area contributed by atoms with E-state index in [1.807, 2.05) is 53.2 Å². The van der Waals surface area contributed by atoms with Crippen LogP contribution < -0.4 is 5.32 Å². The normalized spacial score (nSPS) is 17.2. The third kappa shape index (κ3) is 6.40. The SMILES string of the molecule is CC(C)(C)OC(=O)N1CCCO[C@H](C(=O)N[C@H](C#N)Cc2ccc(-c3ccc4nccn4c3)cc2)C1. The molecule has 2 amide bonds. The largest absolute Gasteiger partial charge is 0.444 e. The molecule has 188 valence electrons. The summed E-state index contributed by atoms with van der Waals surface area (Å²) >= 11 is 0. The highest BCUT2D eigenvalue weighted by molar-refractivity contribution is 5.82. The first-order valence-electron chi connectivity index (χ1n) is 12.0. The zero-order valence-corrected chi connectivity index (χ0v) is 20.8. The fourth-order valence-electron chi connectivity index (χ4n) is 4.03. The lowest BCUT2D eigenvalue weighted by molar-refractivity contribution is -0.133. The molecular formula is C27H31N5O4. The van der Waals surface area contributed by atoms with Gasteiger partial charge in [-0.3, -0.25) is 4.79 Å². The molecule has 1 aromatic carbocycles. The lowest BCUT2D eigenvalue weighted by atomic mass is 10.0. The maximum atomic E-state index is 12.9. The fourth-order valence-corrected chi connectivity index (χ4v) is 4.03. The van der Waals surface area contributed by atoms with Gasteiger partial charge in [0, 0.05) is 38.2 Å².